The highest BCUT2D eigenvalue weighted by atomic mass is 32.2. The van der Waals surface area contributed by atoms with Crippen molar-refractivity contribution in [2.75, 3.05) is 25.6 Å². The number of hydrogen-bond acceptors (Lipinski definition) is 5. The molecule has 0 radical (unpaired) electrons. The van der Waals surface area contributed by atoms with Gasteiger partial charge in [-0.25, -0.2) is 0 Å². The van der Waals surface area contributed by atoms with Crippen LogP contribution in [0.3, 0.4) is 0 Å². The first-order valence-corrected chi connectivity index (χ1v) is 10.8. The van der Waals surface area contributed by atoms with E-state index in [0.29, 0.717) is 12.3 Å². The highest BCUT2D eigenvalue weighted by molar-refractivity contribution is 8.23. The molecule has 7 heteroatoms. The van der Waals surface area contributed by atoms with E-state index in [0.717, 1.165) is 51.4 Å². The Morgan fingerprint density at radius 1 is 1.18 bits per heavy atom. The number of rotatable bonds is 7. The summed E-state index contributed by atoms with van der Waals surface area (Å²) in [5.74, 6) is 2.03. The number of Topliss-reactive ketones (excluding diaryl/α,β-unsaturated/α-hetero) is 1. The zero-order valence-corrected chi connectivity index (χ0v) is 18.4. The van der Waals surface area contributed by atoms with Crippen molar-refractivity contribution >= 4 is 34.1 Å². The molecule has 150 valence electrons. The molecule has 0 aliphatic carbocycles. The number of aryl methyl sites for hydroxylation is 1. The van der Waals surface area contributed by atoms with E-state index in [9.17, 15) is 4.79 Å². The molecule has 0 saturated heterocycles. The molecule has 1 aromatic heterocycles. The minimum Gasteiger partial charge on any atom is -0.454 e. The van der Waals surface area contributed by atoms with Gasteiger partial charge in [0, 0.05) is 36.6 Å². The third-order valence-corrected chi connectivity index (χ3v) is 6.52. The SMILES string of the molecule is CCN(CC)C(=S)SCC(=O)c1cc(C)n(Cc2ccc3c(c2)OCO3)c1C. The number of ketones is 1. The second kappa shape index (κ2) is 9.01. The molecule has 0 N–H and O–H groups in total. The predicted molar refractivity (Wildman–Crippen MR) is 118 cm³/mol. The van der Waals surface area contributed by atoms with Gasteiger partial charge < -0.3 is 18.9 Å². The van der Waals surface area contributed by atoms with Crippen molar-refractivity contribution in [3.8, 4) is 11.5 Å². The fourth-order valence-corrected chi connectivity index (χ4v) is 4.61. The first-order valence-electron chi connectivity index (χ1n) is 9.44. The van der Waals surface area contributed by atoms with E-state index in [1.807, 2.05) is 38.1 Å². The molecule has 0 saturated carbocycles. The van der Waals surface area contributed by atoms with Crippen LogP contribution in [-0.4, -0.2) is 45.2 Å². The lowest BCUT2D eigenvalue weighted by Crippen LogP contribution is -2.27. The number of carbonyl (C=O) groups excluding carboxylic acids is 1. The Morgan fingerprint density at radius 2 is 1.89 bits per heavy atom. The molecule has 1 aliphatic heterocycles. The van der Waals surface area contributed by atoms with Gasteiger partial charge in [-0.2, -0.15) is 0 Å². The molecule has 0 bridgehead atoms. The first kappa shape index (κ1) is 20.7. The summed E-state index contributed by atoms with van der Waals surface area (Å²) in [6.07, 6.45) is 0. The van der Waals surface area contributed by atoms with Crippen molar-refractivity contribution in [3.05, 3.63) is 46.8 Å². The van der Waals surface area contributed by atoms with E-state index in [2.05, 4.69) is 23.3 Å². The summed E-state index contributed by atoms with van der Waals surface area (Å²) in [5.41, 5.74) is 3.93. The van der Waals surface area contributed by atoms with Gasteiger partial charge in [-0.05, 0) is 51.5 Å². The fraction of sp³-hybridized carbons (Fsp3) is 0.429. The molecule has 5 nitrogen and oxygen atoms in total. The molecular weight excluding hydrogens is 392 g/mol. The number of carbonyl (C=O) groups is 1. The molecule has 0 atom stereocenters. The van der Waals surface area contributed by atoms with Crippen molar-refractivity contribution in [1.29, 1.82) is 0 Å². The third kappa shape index (κ3) is 4.36. The van der Waals surface area contributed by atoms with Crippen molar-refractivity contribution in [2.45, 2.75) is 34.2 Å². The summed E-state index contributed by atoms with van der Waals surface area (Å²) in [4.78, 5) is 14.9. The number of fused-ring (bicyclic) bond motifs is 1. The van der Waals surface area contributed by atoms with Crippen LogP contribution in [0.25, 0.3) is 0 Å². The van der Waals surface area contributed by atoms with Crippen molar-refractivity contribution in [1.82, 2.24) is 9.47 Å². The monoisotopic (exact) mass is 418 g/mol. The van der Waals surface area contributed by atoms with Gasteiger partial charge in [0.25, 0.3) is 0 Å². The van der Waals surface area contributed by atoms with Crippen LogP contribution in [0.2, 0.25) is 0 Å². The molecule has 28 heavy (non-hydrogen) atoms. The number of thiocarbonyl (C=S) groups is 1. The van der Waals surface area contributed by atoms with Crippen LogP contribution in [0.1, 0.15) is 41.2 Å². The highest BCUT2D eigenvalue weighted by Crippen LogP contribution is 2.33. The summed E-state index contributed by atoms with van der Waals surface area (Å²) >= 11 is 6.89. The molecule has 3 rings (SSSR count). The average Bonchev–Trinajstić information content (AvgIpc) is 3.26. The number of aromatic nitrogens is 1. The smallest absolute Gasteiger partial charge is 0.231 e. The van der Waals surface area contributed by atoms with Gasteiger partial charge in [0.15, 0.2) is 17.3 Å². The van der Waals surface area contributed by atoms with E-state index in [1.54, 1.807) is 0 Å². The number of thioether (sulfide) groups is 1. The second-order valence-corrected chi connectivity index (χ2v) is 8.32. The van der Waals surface area contributed by atoms with Crippen LogP contribution in [0.5, 0.6) is 11.5 Å². The van der Waals surface area contributed by atoms with Crippen LogP contribution in [-0.2, 0) is 6.54 Å². The maximum Gasteiger partial charge on any atom is 0.231 e. The summed E-state index contributed by atoms with van der Waals surface area (Å²) in [6.45, 7) is 10.9. The van der Waals surface area contributed by atoms with Crippen LogP contribution >= 0.6 is 24.0 Å². The van der Waals surface area contributed by atoms with Crippen LogP contribution in [0.15, 0.2) is 24.3 Å². The Hall–Kier alpha value is -1.99. The molecule has 1 aliphatic rings. The van der Waals surface area contributed by atoms with Crippen molar-refractivity contribution in [3.63, 3.8) is 0 Å². The van der Waals surface area contributed by atoms with Gasteiger partial charge in [0.2, 0.25) is 6.79 Å². The lowest BCUT2D eigenvalue weighted by Gasteiger charge is -2.20. The molecule has 0 fully saturated rings. The summed E-state index contributed by atoms with van der Waals surface area (Å²) in [6, 6.07) is 7.95. The standard InChI is InChI=1S/C21H26N2O3S2/c1-5-22(6-2)21(27)28-12-18(24)17-9-14(3)23(15(17)4)11-16-7-8-19-20(10-16)26-13-25-19/h7-10H,5-6,11-13H2,1-4H3. The van der Waals surface area contributed by atoms with E-state index in [-0.39, 0.29) is 12.6 Å². The average molecular weight is 419 g/mol. The Labute approximate surface area is 176 Å². The van der Waals surface area contributed by atoms with Crippen LogP contribution in [0.4, 0.5) is 0 Å². The van der Waals surface area contributed by atoms with Gasteiger partial charge in [-0.1, -0.05) is 30.0 Å². The second-order valence-electron chi connectivity index (χ2n) is 6.71. The largest absolute Gasteiger partial charge is 0.454 e. The van der Waals surface area contributed by atoms with Crippen molar-refractivity contribution in [2.24, 2.45) is 0 Å². The highest BCUT2D eigenvalue weighted by Gasteiger charge is 2.19. The molecule has 2 heterocycles. The predicted octanol–water partition coefficient (Wildman–Crippen LogP) is 4.42. The normalized spacial score (nSPS) is 12.3. The lowest BCUT2D eigenvalue weighted by atomic mass is 10.1. The van der Waals surface area contributed by atoms with Gasteiger partial charge in [-0.15, -0.1) is 0 Å². The number of hydrogen-bond donors (Lipinski definition) is 0. The summed E-state index contributed by atoms with van der Waals surface area (Å²) < 4.78 is 13.8. The van der Waals surface area contributed by atoms with Crippen LogP contribution < -0.4 is 9.47 Å². The van der Waals surface area contributed by atoms with E-state index in [4.69, 9.17) is 21.7 Å². The van der Waals surface area contributed by atoms with Gasteiger partial charge in [0.1, 0.15) is 4.32 Å². The molecule has 0 spiro atoms. The Morgan fingerprint density at radius 3 is 2.61 bits per heavy atom. The van der Waals surface area contributed by atoms with E-state index < -0.39 is 0 Å². The van der Waals surface area contributed by atoms with E-state index in [1.165, 1.54) is 11.8 Å². The minimum absolute atomic E-state index is 0.115. The maximum atomic E-state index is 12.8. The molecule has 0 amide bonds. The molecule has 2 aromatic rings. The zero-order chi connectivity index (χ0) is 20.3. The number of benzene rings is 1. The Balaban J connectivity index is 1.71. The molecular formula is C21H26N2O3S2. The lowest BCUT2D eigenvalue weighted by molar-refractivity contribution is 0.102. The molecule has 0 unspecified atom stereocenters. The minimum atomic E-state index is 0.115. The third-order valence-electron chi connectivity index (χ3n) is 5.00. The quantitative estimate of drug-likeness (QED) is 0.490. The van der Waals surface area contributed by atoms with Crippen molar-refractivity contribution < 1.29 is 14.3 Å². The van der Waals surface area contributed by atoms with Gasteiger partial charge >= 0.3 is 0 Å². The number of nitrogens with zero attached hydrogens (tertiary/aromatic N) is 2. The summed E-state index contributed by atoms with van der Waals surface area (Å²) in [7, 11) is 0. The fourth-order valence-electron chi connectivity index (χ4n) is 3.33. The zero-order valence-electron chi connectivity index (χ0n) is 16.8. The number of ether oxygens (including phenoxy) is 2. The van der Waals surface area contributed by atoms with E-state index >= 15 is 0 Å². The topological polar surface area (TPSA) is 43.7 Å². The maximum absolute atomic E-state index is 12.8. The first-order chi connectivity index (χ1) is 13.4. The summed E-state index contributed by atoms with van der Waals surface area (Å²) in [5, 5.41) is 0. The van der Waals surface area contributed by atoms with Gasteiger partial charge in [0.05, 0.1) is 5.75 Å². The molecule has 1 aromatic carbocycles. The van der Waals surface area contributed by atoms with Gasteiger partial charge in [-0.3, -0.25) is 4.79 Å². The van der Waals surface area contributed by atoms with Crippen LogP contribution in [0, 0.1) is 13.8 Å². The Bertz CT molecular complexity index is 888. The Kier molecular flexibility index (Phi) is 6.67.